The van der Waals surface area contributed by atoms with Gasteiger partial charge in [0.05, 0.1) is 11.0 Å². The second-order valence-corrected chi connectivity index (χ2v) is 5.42. The van der Waals surface area contributed by atoms with Crippen LogP contribution in [0.25, 0.3) is 0 Å². The van der Waals surface area contributed by atoms with Gasteiger partial charge in [-0.05, 0) is 31.4 Å². The summed E-state index contributed by atoms with van der Waals surface area (Å²) in [5, 5.41) is 10.8. The van der Waals surface area contributed by atoms with Crippen LogP contribution >= 0.6 is 0 Å². The van der Waals surface area contributed by atoms with Crippen LogP contribution < -0.4 is 5.73 Å². The maximum absolute atomic E-state index is 10.8. The molecule has 1 saturated heterocycles. The third-order valence-electron chi connectivity index (χ3n) is 3.76. The van der Waals surface area contributed by atoms with Crippen molar-refractivity contribution in [3.8, 4) is 0 Å². The minimum absolute atomic E-state index is 0.160. The Hall–Kier alpha value is -1.50. The predicted molar refractivity (Wildman–Crippen MR) is 81.0 cm³/mol. The predicted octanol–water partition coefficient (Wildman–Crippen LogP) is 1.92. The number of nitro groups is 1. The summed E-state index contributed by atoms with van der Waals surface area (Å²) in [5.41, 5.74) is 6.60. The fraction of sp³-hybridized carbons (Fsp3) is 0.600. The van der Waals surface area contributed by atoms with Crippen molar-refractivity contribution in [2.45, 2.75) is 31.9 Å². The molecule has 2 N–H and O–H groups in total. The monoisotopic (exact) mass is 293 g/mol. The third-order valence-corrected chi connectivity index (χ3v) is 3.76. The van der Waals surface area contributed by atoms with E-state index in [1.165, 1.54) is 6.07 Å². The van der Waals surface area contributed by atoms with Crippen molar-refractivity contribution in [1.29, 1.82) is 0 Å². The summed E-state index contributed by atoms with van der Waals surface area (Å²) < 4.78 is 5.78. The van der Waals surface area contributed by atoms with Gasteiger partial charge in [-0.2, -0.15) is 0 Å². The van der Waals surface area contributed by atoms with Gasteiger partial charge in [-0.25, -0.2) is 0 Å². The number of ether oxygens (including phenoxy) is 1. The first-order chi connectivity index (χ1) is 10.2. The Labute approximate surface area is 125 Å². The lowest BCUT2D eigenvalue weighted by atomic mass is 10.1. The molecule has 1 fully saturated rings. The molecule has 1 aromatic rings. The number of piperidine rings is 1. The molecule has 0 saturated carbocycles. The van der Waals surface area contributed by atoms with Gasteiger partial charge < -0.3 is 10.5 Å². The first kappa shape index (κ1) is 15.9. The van der Waals surface area contributed by atoms with Crippen LogP contribution in [0.15, 0.2) is 24.3 Å². The van der Waals surface area contributed by atoms with Crippen molar-refractivity contribution < 1.29 is 9.66 Å². The van der Waals surface area contributed by atoms with Gasteiger partial charge in [0.2, 0.25) is 0 Å². The van der Waals surface area contributed by atoms with Crippen molar-refractivity contribution >= 4 is 5.69 Å². The van der Waals surface area contributed by atoms with E-state index in [1.807, 2.05) is 6.07 Å². The standard InChI is InChI=1S/C15H23N3O3/c16-7-2-10-21-15-5-8-17(9-6-15)12-13-3-1-4-14(11-13)18(19)20/h1,3-4,11,15H,2,5-10,12,16H2. The number of hydrogen-bond donors (Lipinski definition) is 1. The molecule has 0 aliphatic carbocycles. The van der Waals surface area contributed by atoms with Gasteiger partial charge in [-0.15, -0.1) is 0 Å². The van der Waals surface area contributed by atoms with Crippen LogP contribution in [0.2, 0.25) is 0 Å². The summed E-state index contributed by atoms with van der Waals surface area (Å²) in [6.45, 7) is 4.11. The highest BCUT2D eigenvalue weighted by molar-refractivity contribution is 5.34. The maximum Gasteiger partial charge on any atom is 0.269 e. The van der Waals surface area contributed by atoms with Crippen LogP contribution in [-0.2, 0) is 11.3 Å². The first-order valence-corrected chi connectivity index (χ1v) is 7.46. The number of nitro benzene ring substituents is 1. The molecule has 0 bridgehead atoms. The highest BCUT2D eigenvalue weighted by atomic mass is 16.6. The summed E-state index contributed by atoms with van der Waals surface area (Å²) in [5.74, 6) is 0. The topological polar surface area (TPSA) is 81.6 Å². The Morgan fingerprint density at radius 3 is 2.81 bits per heavy atom. The molecule has 116 valence electrons. The maximum atomic E-state index is 10.8. The van der Waals surface area contributed by atoms with E-state index in [2.05, 4.69) is 4.90 Å². The minimum Gasteiger partial charge on any atom is -0.378 e. The van der Waals surface area contributed by atoms with Crippen LogP contribution in [0, 0.1) is 10.1 Å². The van der Waals surface area contributed by atoms with E-state index < -0.39 is 0 Å². The van der Waals surface area contributed by atoms with Gasteiger partial charge >= 0.3 is 0 Å². The van der Waals surface area contributed by atoms with Crippen LogP contribution in [0.4, 0.5) is 5.69 Å². The Kier molecular flexibility index (Phi) is 6.10. The van der Waals surface area contributed by atoms with Gasteiger partial charge in [-0.3, -0.25) is 15.0 Å². The van der Waals surface area contributed by atoms with Gasteiger partial charge in [0.15, 0.2) is 0 Å². The molecule has 21 heavy (non-hydrogen) atoms. The van der Waals surface area contributed by atoms with E-state index in [9.17, 15) is 10.1 Å². The number of hydrogen-bond acceptors (Lipinski definition) is 5. The smallest absolute Gasteiger partial charge is 0.269 e. The Balaban J connectivity index is 1.78. The Morgan fingerprint density at radius 2 is 2.14 bits per heavy atom. The molecule has 0 aromatic heterocycles. The van der Waals surface area contributed by atoms with Gasteiger partial charge in [-0.1, -0.05) is 12.1 Å². The molecule has 1 aromatic carbocycles. The quantitative estimate of drug-likeness (QED) is 0.472. The first-order valence-electron chi connectivity index (χ1n) is 7.46. The lowest BCUT2D eigenvalue weighted by Crippen LogP contribution is -2.36. The summed E-state index contributed by atoms with van der Waals surface area (Å²) in [4.78, 5) is 12.8. The number of non-ortho nitro benzene ring substituents is 1. The number of benzene rings is 1. The van der Waals surface area contributed by atoms with E-state index in [0.717, 1.165) is 51.1 Å². The van der Waals surface area contributed by atoms with Crippen molar-refractivity contribution in [2.75, 3.05) is 26.2 Å². The number of rotatable bonds is 7. The molecule has 0 unspecified atom stereocenters. The van der Waals surface area contributed by atoms with Crippen LogP contribution in [0.3, 0.4) is 0 Å². The van der Waals surface area contributed by atoms with Crippen molar-refractivity contribution in [3.05, 3.63) is 39.9 Å². The number of nitrogens with two attached hydrogens (primary N) is 1. The lowest BCUT2D eigenvalue weighted by molar-refractivity contribution is -0.384. The zero-order chi connectivity index (χ0) is 15.1. The average Bonchev–Trinajstić information content (AvgIpc) is 2.49. The Bertz CT molecular complexity index is 459. The van der Waals surface area contributed by atoms with Crippen LogP contribution in [0.5, 0.6) is 0 Å². The Morgan fingerprint density at radius 1 is 1.38 bits per heavy atom. The lowest BCUT2D eigenvalue weighted by Gasteiger charge is -2.31. The zero-order valence-electron chi connectivity index (χ0n) is 12.2. The third kappa shape index (κ3) is 5.08. The average molecular weight is 293 g/mol. The SMILES string of the molecule is NCCCOC1CCN(Cc2cccc([N+](=O)[O-])c2)CC1. The summed E-state index contributed by atoms with van der Waals surface area (Å²) in [6.07, 6.45) is 3.27. The zero-order valence-corrected chi connectivity index (χ0v) is 12.2. The van der Waals surface area contributed by atoms with Crippen molar-refractivity contribution in [1.82, 2.24) is 4.90 Å². The van der Waals surface area contributed by atoms with E-state index in [1.54, 1.807) is 12.1 Å². The number of likely N-dealkylation sites (tertiary alicyclic amines) is 1. The highest BCUT2D eigenvalue weighted by Gasteiger charge is 2.20. The number of nitrogens with zero attached hydrogens (tertiary/aromatic N) is 2. The van der Waals surface area contributed by atoms with E-state index in [0.29, 0.717) is 12.6 Å². The summed E-state index contributed by atoms with van der Waals surface area (Å²) in [6, 6.07) is 6.87. The van der Waals surface area contributed by atoms with Crippen molar-refractivity contribution in [2.24, 2.45) is 5.73 Å². The normalized spacial score (nSPS) is 17.0. The molecule has 0 spiro atoms. The second kappa shape index (κ2) is 8.07. The largest absolute Gasteiger partial charge is 0.378 e. The van der Waals surface area contributed by atoms with E-state index in [4.69, 9.17) is 10.5 Å². The fourth-order valence-corrected chi connectivity index (χ4v) is 2.59. The summed E-state index contributed by atoms with van der Waals surface area (Å²) >= 11 is 0. The molecule has 0 amide bonds. The van der Waals surface area contributed by atoms with Crippen LogP contribution in [-0.4, -0.2) is 42.2 Å². The van der Waals surface area contributed by atoms with Crippen LogP contribution in [0.1, 0.15) is 24.8 Å². The highest BCUT2D eigenvalue weighted by Crippen LogP contribution is 2.19. The second-order valence-electron chi connectivity index (χ2n) is 5.42. The molecule has 1 heterocycles. The molecule has 6 heteroatoms. The molecule has 0 radical (unpaired) electrons. The van der Waals surface area contributed by atoms with Gasteiger partial charge in [0.25, 0.3) is 5.69 Å². The molecule has 1 aliphatic heterocycles. The fourth-order valence-electron chi connectivity index (χ4n) is 2.59. The van der Waals surface area contributed by atoms with E-state index in [-0.39, 0.29) is 10.6 Å². The van der Waals surface area contributed by atoms with Gasteiger partial charge in [0, 0.05) is 38.4 Å². The molecule has 2 rings (SSSR count). The minimum atomic E-state index is -0.346. The molecule has 6 nitrogen and oxygen atoms in total. The van der Waals surface area contributed by atoms with Crippen molar-refractivity contribution in [3.63, 3.8) is 0 Å². The van der Waals surface area contributed by atoms with Gasteiger partial charge in [0.1, 0.15) is 0 Å². The summed E-state index contributed by atoms with van der Waals surface area (Å²) in [7, 11) is 0. The van der Waals surface area contributed by atoms with E-state index >= 15 is 0 Å². The molecular weight excluding hydrogens is 270 g/mol. The molecule has 0 atom stereocenters. The molecular formula is C15H23N3O3. The molecule has 1 aliphatic rings.